The molecule has 1 fully saturated rings. The molecule has 2 N–H and O–H groups in total. The van der Waals surface area contributed by atoms with E-state index in [0.29, 0.717) is 25.3 Å². The van der Waals surface area contributed by atoms with Gasteiger partial charge in [0.15, 0.2) is 0 Å². The summed E-state index contributed by atoms with van der Waals surface area (Å²) in [7, 11) is 0. The van der Waals surface area contributed by atoms with E-state index in [1.165, 1.54) is 6.33 Å². The molecule has 0 radical (unpaired) electrons. The van der Waals surface area contributed by atoms with E-state index >= 15 is 0 Å². The highest BCUT2D eigenvalue weighted by molar-refractivity contribution is 5.20. The number of hydrogen-bond acceptors (Lipinski definition) is 5. The molecule has 82 valence electrons. The number of rotatable bonds is 2. The predicted octanol–water partition coefficient (Wildman–Crippen LogP) is -0.692. The van der Waals surface area contributed by atoms with Gasteiger partial charge in [0.05, 0.1) is 25.1 Å². The quantitative estimate of drug-likeness (QED) is 0.676. The Morgan fingerprint density at radius 3 is 2.93 bits per heavy atom. The van der Waals surface area contributed by atoms with E-state index in [4.69, 9.17) is 4.74 Å². The van der Waals surface area contributed by atoms with Gasteiger partial charge in [0.1, 0.15) is 0 Å². The molecule has 15 heavy (non-hydrogen) atoms. The lowest BCUT2D eigenvalue weighted by Gasteiger charge is -2.26. The molecule has 0 unspecified atom stereocenters. The predicted molar refractivity (Wildman–Crippen MR) is 52.6 cm³/mol. The summed E-state index contributed by atoms with van der Waals surface area (Å²) in [6.07, 6.45) is 1.19. The van der Waals surface area contributed by atoms with E-state index in [1.54, 1.807) is 0 Å². The van der Waals surface area contributed by atoms with Crippen LogP contribution in [0.15, 0.2) is 11.1 Å². The average molecular weight is 211 g/mol. The lowest BCUT2D eigenvalue weighted by Crippen LogP contribution is -2.37. The molecular formula is C9H13N3O3. The van der Waals surface area contributed by atoms with Crippen molar-refractivity contribution < 1.29 is 9.84 Å². The third kappa shape index (κ3) is 2.34. The average Bonchev–Trinajstić information content (AvgIpc) is 2.25. The number of aromatic hydroxyl groups is 1. The third-order valence-corrected chi connectivity index (χ3v) is 2.41. The molecule has 0 bridgehead atoms. The molecular weight excluding hydrogens is 198 g/mol. The number of nitrogens with one attached hydrogen (secondary N) is 1. The molecule has 1 aliphatic rings. The minimum absolute atomic E-state index is 0.190. The fraction of sp³-hybridized carbons (Fsp3) is 0.556. The summed E-state index contributed by atoms with van der Waals surface area (Å²) < 4.78 is 5.19. The van der Waals surface area contributed by atoms with Crippen molar-refractivity contribution in [3.05, 3.63) is 22.2 Å². The second kappa shape index (κ2) is 4.41. The minimum Gasteiger partial charge on any atom is -0.493 e. The summed E-state index contributed by atoms with van der Waals surface area (Å²) in [5, 5.41) is 9.43. The van der Waals surface area contributed by atoms with Crippen molar-refractivity contribution in [1.82, 2.24) is 14.9 Å². The summed E-state index contributed by atoms with van der Waals surface area (Å²) in [5.41, 5.74) is 0.0355. The standard InChI is InChI=1S/C9H13N3O3/c13-8-7(9(14)11-6-10-8)5-12-1-3-15-4-2-12/h6H,1-5H2,(H2,10,11,13,14). The van der Waals surface area contributed by atoms with E-state index in [-0.39, 0.29) is 11.4 Å². The van der Waals surface area contributed by atoms with Crippen LogP contribution in [-0.2, 0) is 11.3 Å². The minimum atomic E-state index is -0.283. The van der Waals surface area contributed by atoms with Gasteiger partial charge in [0.25, 0.3) is 5.56 Å². The summed E-state index contributed by atoms with van der Waals surface area (Å²) in [6, 6.07) is 0. The topological polar surface area (TPSA) is 78.5 Å². The first kappa shape index (κ1) is 10.1. The molecule has 0 saturated carbocycles. The van der Waals surface area contributed by atoms with Gasteiger partial charge in [0, 0.05) is 19.6 Å². The van der Waals surface area contributed by atoms with Crippen LogP contribution < -0.4 is 5.56 Å². The fourth-order valence-corrected chi connectivity index (χ4v) is 1.54. The first-order valence-electron chi connectivity index (χ1n) is 4.83. The van der Waals surface area contributed by atoms with E-state index in [0.717, 1.165) is 13.1 Å². The summed E-state index contributed by atoms with van der Waals surface area (Å²) in [6.45, 7) is 3.29. The van der Waals surface area contributed by atoms with Crippen LogP contribution >= 0.6 is 0 Å². The molecule has 1 aromatic heterocycles. The normalized spacial score (nSPS) is 17.9. The largest absolute Gasteiger partial charge is 0.493 e. The van der Waals surface area contributed by atoms with Gasteiger partial charge in [0.2, 0.25) is 5.88 Å². The van der Waals surface area contributed by atoms with Crippen molar-refractivity contribution in [3.8, 4) is 5.88 Å². The van der Waals surface area contributed by atoms with Crippen molar-refractivity contribution in [3.63, 3.8) is 0 Å². The van der Waals surface area contributed by atoms with Gasteiger partial charge in [-0.15, -0.1) is 0 Å². The van der Waals surface area contributed by atoms with Gasteiger partial charge < -0.3 is 14.8 Å². The molecule has 2 rings (SSSR count). The fourth-order valence-electron chi connectivity index (χ4n) is 1.54. The van der Waals surface area contributed by atoms with Gasteiger partial charge in [-0.1, -0.05) is 0 Å². The van der Waals surface area contributed by atoms with Crippen molar-refractivity contribution >= 4 is 0 Å². The van der Waals surface area contributed by atoms with Crippen LogP contribution in [0, 0.1) is 0 Å². The molecule has 0 spiro atoms. The number of nitrogens with zero attached hydrogens (tertiary/aromatic N) is 2. The van der Waals surface area contributed by atoms with Gasteiger partial charge in [-0.05, 0) is 0 Å². The zero-order valence-corrected chi connectivity index (χ0v) is 8.27. The Morgan fingerprint density at radius 1 is 1.53 bits per heavy atom. The highest BCUT2D eigenvalue weighted by Crippen LogP contribution is 2.10. The Kier molecular flexibility index (Phi) is 2.98. The molecule has 0 atom stereocenters. The molecule has 6 nitrogen and oxygen atoms in total. The highest BCUT2D eigenvalue weighted by atomic mass is 16.5. The maximum Gasteiger partial charge on any atom is 0.259 e. The molecule has 1 aromatic rings. The molecule has 6 heteroatoms. The Labute approximate surface area is 86.5 Å². The van der Waals surface area contributed by atoms with E-state index in [2.05, 4.69) is 14.9 Å². The lowest BCUT2D eigenvalue weighted by molar-refractivity contribution is 0.0336. The maximum absolute atomic E-state index is 11.4. The zero-order chi connectivity index (χ0) is 10.7. The SMILES string of the molecule is O=c1[nH]cnc(O)c1CN1CCOCC1. The van der Waals surface area contributed by atoms with Crippen molar-refractivity contribution in [2.45, 2.75) is 6.54 Å². The Morgan fingerprint density at radius 2 is 2.27 bits per heavy atom. The van der Waals surface area contributed by atoms with Crippen LogP contribution in [0.2, 0.25) is 0 Å². The maximum atomic E-state index is 11.4. The van der Waals surface area contributed by atoms with Crippen LogP contribution in [0.4, 0.5) is 0 Å². The molecule has 0 aliphatic carbocycles. The Bertz CT molecular complexity index is 384. The number of aromatic amines is 1. The molecule has 2 heterocycles. The number of H-pyrrole nitrogens is 1. The van der Waals surface area contributed by atoms with E-state index in [9.17, 15) is 9.90 Å². The van der Waals surface area contributed by atoms with Crippen LogP contribution in [0.5, 0.6) is 5.88 Å². The number of aromatic nitrogens is 2. The van der Waals surface area contributed by atoms with Crippen molar-refractivity contribution in [2.24, 2.45) is 0 Å². The second-order valence-corrected chi connectivity index (χ2v) is 3.42. The highest BCUT2D eigenvalue weighted by Gasteiger charge is 2.15. The Hall–Kier alpha value is -1.40. The van der Waals surface area contributed by atoms with Crippen molar-refractivity contribution in [2.75, 3.05) is 26.3 Å². The first-order chi connectivity index (χ1) is 7.27. The number of ether oxygens (including phenoxy) is 1. The smallest absolute Gasteiger partial charge is 0.259 e. The van der Waals surface area contributed by atoms with Gasteiger partial charge in [-0.3, -0.25) is 9.69 Å². The van der Waals surface area contributed by atoms with E-state index in [1.807, 2.05) is 0 Å². The molecule has 1 aliphatic heterocycles. The Balaban J connectivity index is 2.12. The lowest BCUT2D eigenvalue weighted by atomic mass is 10.2. The van der Waals surface area contributed by atoms with Crippen LogP contribution in [0.1, 0.15) is 5.56 Å². The summed E-state index contributed by atoms with van der Waals surface area (Å²) >= 11 is 0. The first-order valence-corrected chi connectivity index (χ1v) is 4.83. The van der Waals surface area contributed by atoms with Crippen molar-refractivity contribution in [1.29, 1.82) is 0 Å². The van der Waals surface area contributed by atoms with Gasteiger partial charge >= 0.3 is 0 Å². The van der Waals surface area contributed by atoms with E-state index < -0.39 is 0 Å². The molecule has 0 amide bonds. The van der Waals surface area contributed by atoms with Crippen LogP contribution in [0.25, 0.3) is 0 Å². The zero-order valence-electron chi connectivity index (χ0n) is 8.27. The summed E-state index contributed by atoms with van der Waals surface area (Å²) in [5.74, 6) is -0.190. The molecule has 0 aromatic carbocycles. The van der Waals surface area contributed by atoms with Crippen LogP contribution in [-0.4, -0.2) is 46.3 Å². The van der Waals surface area contributed by atoms with Gasteiger partial charge in [-0.2, -0.15) is 0 Å². The van der Waals surface area contributed by atoms with Crippen LogP contribution in [0.3, 0.4) is 0 Å². The molecule has 1 saturated heterocycles. The second-order valence-electron chi connectivity index (χ2n) is 3.42. The number of morpholine rings is 1. The summed E-state index contributed by atoms with van der Waals surface area (Å²) in [4.78, 5) is 19.5. The monoisotopic (exact) mass is 211 g/mol. The third-order valence-electron chi connectivity index (χ3n) is 2.41. The van der Waals surface area contributed by atoms with Gasteiger partial charge in [-0.25, -0.2) is 4.98 Å². The number of hydrogen-bond donors (Lipinski definition) is 2.